The summed E-state index contributed by atoms with van der Waals surface area (Å²) >= 11 is 0. The molecule has 138 valence electrons. The number of aliphatic carboxylic acids is 1. The van der Waals surface area contributed by atoms with E-state index >= 15 is 0 Å². The van der Waals surface area contributed by atoms with Gasteiger partial charge in [0.15, 0.2) is 0 Å². The highest BCUT2D eigenvalue weighted by atomic mass is 19.1. The van der Waals surface area contributed by atoms with E-state index in [1.807, 2.05) is 6.07 Å². The maximum absolute atomic E-state index is 13.0. The van der Waals surface area contributed by atoms with Crippen LogP contribution in [0, 0.1) is 11.7 Å². The number of carboxylic acid groups (broad SMARTS) is 1. The van der Waals surface area contributed by atoms with E-state index in [-0.39, 0.29) is 17.8 Å². The summed E-state index contributed by atoms with van der Waals surface area (Å²) < 4.78 is 14.6. The van der Waals surface area contributed by atoms with Crippen molar-refractivity contribution in [3.8, 4) is 5.69 Å². The molecule has 2 amide bonds. The first-order valence-electron chi connectivity index (χ1n) is 8.59. The first-order chi connectivity index (χ1) is 12.5. The van der Waals surface area contributed by atoms with E-state index in [0.717, 1.165) is 11.4 Å². The molecule has 0 unspecified atom stereocenters. The number of hydrogen-bond donors (Lipinski definition) is 2. The molecule has 1 aliphatic heterocycles. The van der Waals surface area contributed by atoms with Crippen molar-refractivity contribution in [3.63, 3.8) is 0 Å². The van der Waals surface area contributed by atoms with Gasteiger partial charge in [0, 0.05) is 32.3 Å². The van der Waals surface area contributed by atoms with Crippen molar-refractivity contribution in [2.45, 2.75) is 19.3 Å². The SMILES string of the molecule is O=C(O)C1CCN(C(=O)NCCc2ccn(-c3ccc(F)cc3)n2)CC1. The third-order valence-corrected chi connectivity index (χ3v) is 4.52. The van der Waals surface area contributed by atoms with Crippen molar-refractivity contribution in [2.24, 2.45) is 5.92 Å². The number of likely N-dealkylation sites (tertiary alicyclic amines) is 1. The van der Waals surface area contributed by atoms with Crippen LogP contribution in [0.25, 0.3) is 5.69 Å². The van der Waals surface area contributed by atoms with Gasteiger partial charge in [-0.1, -0.05) is 0 Å². The Labute approximate surface area is 150 Å². The molecule has 0 aliphatic carbocycles. The molecule has 0 radical (unpaired) electrons. The van der Waals surface area contributed by atoms with Crippen molar-refractivity contribution in [1.29, 1.82) is 0 Å². The molecule has 1 fully saturated rings. The molecule has 26 heavy (non-hydrogen) atoms. The molecule has 0 spiro atoms. The van der Waals surface area contributed by atoms with Crippen molar-refractivity contribution >= 4 is 12.0 Å². The minimum Gasteiger partial charge on any atom is -0.481 e. The van der Waals surface area contributed by atoms with Gasteiger partial charge in [0.25, 0.3) is 0 Å². The van der Waals surface area contributed by atoms with E-state index in [9.17, 15) is 14.0 Å². The lowest BCUT2D eigenvalue weighted by Crippen LogP contribution is -2.45. The third kappa shape index (κ3) is 4.38. The lowest BCUT2D eigenvalue weighted by molar-refractivity contribution is -0.143. The molecule has 0 saturated carbocycles. The first kappa shape index (κ1) is 17.9. The fourth-order valence-corrected chi connectivity index (χ4v) is 2.97. The second kappa shape index (κ2) is 7.99. The van der Waals surface area contributed by atoms with E-state index in [4.69, 9.17) is 5.11 Å². The fraction of sp³-hybridized carbons (Fsp3) is 0.389. The van der Waals surface area contributed by atoms with Gasteiger partial charge in [0.2, 0.25) is 0 Å². The van der Waals surface area contributed by atoms with Crippen LogP contribution in [0.15, 0.2) is 36.5 Å². The maximum Gasteiger partial charge on any atom is 0.317 e. The lowest BCUT2D eigenvalue weighted by atomic mass is 9.97. The summed E-state index contributed by atoms with van der Waals surface area (Å²) in [5.74, 6) is -1.44. The van der Waals surface area contributed by atoms with Crippen LogP contribution < -0.4 is 5.32 Å². The molecular weight excluding hydrogens is 339 g/mol. The number of urea groups is 1. The number of rotatable bonds is 5. The zero-order valence-corrected chi connectivity index (χ0v) is 14.3. The van der Waals surface area contributed by atoms with E-state index < -0.39 is 5.97 Å². The number of hydrogen-bond acceptors (Lipinski definition) is 3. The van der Waals surface area contributed by atoms with Crippen LogP contribution in [0.3, 0.4) is 0 Å². The molecular formula is C18H21FN4O3. The highest BCUT2D eigenvalue weighted by Crippen LogP contribution is 2.17. The third-order valence-electron chi connectivity index (χ3n) is 4.52. The number of amides is 2. The molecule has 8 heteroatoms. The van der Waals surface area contributed by atoms with Gasteiger partial charge in [-0.15, -0.1) is 0 Å². The summed E-state index contributed by atoms with van der Waals surface area (Å²) in [6.07, 6.45) is 3.35. The number of halogens is 1. The molecule has 2 aromatic rings. The van der Waals surface area contributed by atoms with Crippen LogP contribution >= 0.6 is 0 Å². The topological polar surface area (TPSA) is 87.5 Å². The first-order valence-corrected chi connectivity index (χ1v) is 8.59. The Morgan fingerprint density at radius 1 is 1.19 bits per heavy atom. The van der Waals surface area contributed by atoms with Gasteiger partial charge in [-0.3, -0.25) is 4.79 Å². The molecule has 7 nitrogen and oxygen atoms in total. The van der Waals surface area contributed by atoms with Gasteiger partial charge in [-0.2, -0.15) is 5.10 Å². The van der Waals surface area contributed by atoms with Crippen molar-refractivity contribution in [2.75, 3.05) is 19.6 Å². The highest BCUT2D eigenvalue weighted by Gasteiger charge is 2.26. The predicted molar refractivity (Wildman–Crippen MR) is 92.6 cm³/mol. The number of carbonyl (C=O) groups is 2. The van der Waals surface area contributed by atoms with Crippen LogP contribution in [-0.2, 0) is 11.2 Å². The average Bonchev–Trinajstić information content (AvgIpc) is 3.11. The zero-order valence-electron chi connectivity index (χ0n) is 14.3. The predicted octanol–water partition coefficient (Wildman–Crippen LogP) is 2.06. The lowest BCUT2D eigenvalue weighted by Gasteiger charge is -2.30. The van der Waals surface area contributed by atoms with Crippen molar-refractivity contribution in [1.82, 2.24) is 20.0 Å². The second-order valence-corrected chi connectivity index (χ2v) is 6.31. The Kier molecular flexibility index (Phi) is 5.50. The number of carboxylic acids is 1. The van der Waals surface area contributed by atoms with Crippen LogP contribution in [0.5, 0.6) is 0 Å². The van der Waals surface area contributed by atoms with Crippen molar-refractivity contribution < 1.29 is 19.1 Å². The monoisotopic (exact) mass is 360 g/mol. The molecule has 1 aromatic carbocycles. The minimum atomic E-state index is -0.790. The van der Waals surface area contributed by atoms with Gasteiger partial charge in [-0.05, 0) is 43.2 Å². The normalized spacial score (nSPS) is 15.0. The van der Waals surface area contributed by atoms with Gasteiger partial charge in [0.1, 0.15) is 5.82 Å². The molecule has 1 saturated heterocycles. The number of aromatic nitrogens is 2. The quantitative estimate of drug-likeness (QED) is 0.854. The molecule has 1 aromatic heterocycles. The summed E-state index contributed by atoms with van der Waals surface area (Å²) in [7, 11) is 0. The van der Waals surface area contributed by atoms with Crippen LogP contribution in [0.4, 0.5) is 9.18 Å². The van der Waals surface area contributed by atoms with Gasteiger partial charge in [0.05, 0.1) is 17.3 Å². The van der Waals surface area contributed by atoms with Crippen LogP contribution in [-0.4, -0.2) is 51.4 Å². The fourth-order valence-electron chi connectivity index (χ4n) is 2.97. The second-order valence-electron chi connectivity index (χ2n) is 6.31. The summed E-state index contributed by atoms with van der Waals surface area (Å²) in [4.78, 5) is 24.7. The number of benzene rings is 1. The molecule has 3 rings (SSSR count). The summed E-state index contributed by atoms with van der Waals surface area (Å²) in [6, 6.07) is 7.73. The Bertz CT molecular complexity index is 767. The highest BCUT2D eigenvalue weighted by molar-refractivity contribution is 5.75. The van der Waals surface area contributed by atoms with Crippen LogP contribution in [0.1, 0.15) is 18.5 Å². The van der Waals surface area contributed by atoms with Gasteiger partial charge >= 0.3 is 12.0 Å². The Balaban J connectivity index is 1.44. The summed E-state index contributed by atoms with van der Waals surface area (Å²) in [6.45, 7) is 1.36. The largest absolute Gasteiger partial charge is 0.481 e. The zero-order chi connectivity index (χ0) is 18.5. The maximum atomic E-state index is 13.0. The van der Waals surface area contributed by atoms with Gasteiger partial charge in [-0.25, -0.2) is 13.9 Å². The van der Waals surface area contributed by atoms with E-state index in [0.29, 0.717) is 38.9 Å². The number of nitrogens with zero attached hydrogens (tertiary/aromatic N) is 3. The van der Waals surface area contributed by atoms with E-state index in [2.05, 4.69) is 10.4 Å². The molecule has 1 aliphatic rings. The smallest absolute Gasteiger partial charge is 0.317 e. The van der Waals surface area contributed by atoms with Crippen molar-refractivity contribution in [3.05, 3.63) is 48.0 Å². The Morgan fingerprint density at radius 3 is 2.54 bits per heavy atom. The summed E-state index contributed by atoms with van der Waals surface area (Å²) in [5.41, 5.74) is 1.59. The Hall–Kier alpha value is -2.90. The van der Waals surface area contributed by atoms with Gasteiger partial charge < -0.3 is 15.3 Å². The van der Waals surface area contributed by atoms with E-state index in [1.165, 1.54) is 12.1 Å². The number of piperidine rings is 1. The Morgan fingerprint density at radius 2 is 1.88 bits per heavy atom. The van der Waals surface area contributed by atoms with Crippen LogP contribution in [0.2, 0.25) is 0 Å². The molecule has 0 bridgehead atoms. The number of carbonyl (C=O) groups excluding carboxylic acids is 1. The summed E-state index contributed by atoms with van der Waals surface area (Å²) in [5, 5.41) is 16.2. The minimum absolute atomic E-state index is 0.174. The standard InChI is InChI=1S/C18H21FN4O3/c19-14-1-3-16(4-2-14)23-12-8-15(21-23)5-9-20-18(26)22-10-6-13(7-11-22)17(24)25/h1-4,8,12-13H,5-7,9-11H2,(H,20,26)(H,24,25). The number of nitrogens with one attached hydrogen (secondary N) is 1. The molecule has 0 atom stereocenters. The molecule has 2 heterocycles. The van der Waals surface area contributed by atoms with E-state index in [1.54, 1.807) is 27.9 Å². The molecule has 2 N–H and O–H groups in total. The average molecular weight is 360 g/mol.